The van der Waals surface area contributed by atoms with Crippen LogP contribution < -0.4 is 20.1 Å². The standard InChI is InChI=1S/C22H23N7O2/c1-14-13-15(2)29(28-14)22-26-20(23-16-5-9-18(30-3)10-6-16)25-21(27-22)24-17-7-11-19(31-4)12-8-17/h5-13H,1-4H3,(H2,23,24,25,26,27). The fourth-order valence-electron chi connectivity index (χ4n) is 3.01. The first-order valence-corrected chi connectivity index (χ1v) is 9.66. The van der Waals surface area contributed by atoms with Crippen molar-refractivity contribution in [2.24, 2.45) is 0 Å². The Labute approximate surface area is 180 Å². The van der Waals surface area contributed by atoms with Crippen molar-refractivity contribution >= 4 is 23.3 Å². The number of methoxy groups -OCH3 is 2. The van der Waals surface area contributed by atoms with E-state index in [-0.39, 0.29) is 0 Å². The maximum absolute atomic E-state index is 5.21. The summed E-state index contributed by atoms with van der Waals surface area (Å²) in [6.07, 6.45) is 0. The minimum atomic E-state index is 0.388. The highest BCUT2D eigenvalue weighted by Crippen LogP contribution is 2.22. The molecule has 2 N–H and O–H groups in total. The number of aromatic nitrogens is 5. The maximum atomic E-state index is 5.21. The summed E-state index contributed by atoms with van der Waals surface area (Å²) in [5.74, 6) is 2.72. The average molecular weight is 417 g/mol. The minimum Gasteiger partial charge on any atom is -0.497 e. The molecule has 4 aromatic rings. The Hall–Kier alpha value is -4.14. The van der Waals surface area contributed by atoms with Crippen molar-refractivity contribution in [1.82, 2.24) is 24.7 Å². The fraction of sp³-hybridized carbons (Fsp3) is 0.182. The van der Waals surface area contributed by atoms with Gasteiger partial charge in [-0.2, -0.15) is 20.1 Å². The smallest absolute Gasteiger partial charge is 0.257 e. The topological polar surface area (TPSA) is 99.0 Å². The molecular weight excluding hydrogens is 394 g/mol. The van der Waals surface area contributed by atoms with Crippen LogP contribution in [0.15, 0.2) is 54.6 Å². The Morgan fingerprint density at radius 2 is 1.19 bits per heavy atom. The van der Waals surface area contributed by atoms with E-state index in [0.717, 1.165) is 34.3 Å². The van der Waals surface area contributed by atoms with E-state index in [1.807, 2.05) is 68.4 Å². The van der Waals surface area contributed by atoms with Gasteiger partial charge in [0.15, 0.2) is 0 Å². The van der Waals surface area contributed by atoms with E-state index in [4.69, 9.17) is 9.47 Å². The Bertz CT molecular complexity index is 1100. The molecule has 0 saturated carbocycles. The summed E-state index contributed by atoms with van der Waals surface area (Å²) in [4.78, 5) is 13.6. The van der Waals surface area contributed by atoms with Gasteiger partial charge in [0.1, 0.15) is 11.5 Å². The summed E-state index contributed by atoms with van der Waals surface area (Å²) >= 11 is 0. The summed E-state index contributed by atoms with van der Waals surface area (Å²) < 4.78 is 12.1. The molecule has 9 heteroatoms. The first-order chi connectivity index (χ1) is 15.0. The molecule has 2 aromatic heterocycles. The molecule has 0 saturated heterocycles. The number of aryl methyl sites for hydroxylation is 2. The highest BCUT2D eigenvalue weighted by molar-refractivity contribution is 5.59. The molecule has 31 heavy (non-hydrogen) atoms. The lowest BCUT2D eigenvalue weighted by Gasteiger charge is -2.11. The number of ether oxygens (including phenoxy) is 2. The first-order valence-electron chi connectivity index (χ1n) is 9.66. The number of hydrogen-bond acceptors (Lipinski definition) is 8. The van der Waals surface area contributed by atoms with E-state index in [0.29, 0.717) is 17.8 Å². The van der Waals surface area contributed by atoms with Gasteiger partial charge in [0.2, 0.25) is 11.9 Å². The van der Waals surface area contributed by atoms with Crippen LogP contribution in [0, 0.1) is 13.8 Å². The Morgan fingerprint density at radius 1 is 0.710 bits per heavy atom. The number of hydrogen-bond donors (Lipinski definition) is 2. The molecule has 0 atom stereocenters. The molecule has 2 heterocycles. The van der Waals surface area contributed by atoms with Crippen LogP contribution in [0.3, 0.4) is 0 Å². The van der Waals surface area contributed by atoms with E-state index in [2.05, 4.69) is 30.7 Å². The van der Waals surface area contributed by atoms with Crippen LogP contribution in [-0.2, 0) is 0 Å². The lowest BCUT2D eigenvalue weighted by Crippen LogP contribution is -2.11. The molecule has 0 unspecified atom stereocenters. The Morgan fingerprint density at radius 3 is 1.58 bits per heavy atom. The van der Waals surface area contributed by atoms with Gasteiger partial charge >= 0.3 is 0 Å². The third-order valence-electron chi connectivity index (χ3n) is 4.51. The van der Waals surface area contributed by atoms with Gasteiger partial charge in [-0.25, -0.2) is 4.68 Å². The van der Waals surface area contributed by atoms with Crippen LogP contribution in [0.25, 0.3) is 5.95 Å². The zero-order valence-electron chi connectivity index (χ0n) is 17.7. The SMILES string of the molecule is COc1ccc(Nc2nc(Nc3ccc(OC)cc3)nc(-n3nc(C)cc3C)n2)cc1. The van der Waals surface area contributed by atoms with Gasteiger partial charge in [-0.3, -0.25) is 0 Å². The summed E-state index contributed by atoms with van der Waals surface area (Å²) in [6.45, 7) is 3.88. The predicted molar refractivity (Wildman–Crippen MR) is 119 cm³/mol. The lowest BCUT2D eigenvalue weighted by atomic mass is 10.3. The third kappa shape index (κ3) is 4.72. The van der Waals surface area contributed by atoms with Crippen molar-refractivity contribution in [2.45, 2.75) is 13.8 Å². The van der Waals surface area contributed by atoms with E-state index in [1.165, 1.54) is 0 Å². The maximum Gasteiger partial charge on any atom is 0.257 e. The van der Waals surface area contributed by atoms with Crippen LogP contribution in [0.4, 0.5) is 23.3 Å². The molecular formula is C22H23N7O2. The summed E-state index contributed by atoms with van der Waals surface area (Å²) in [5.41, 5.74) is 3.45. The molecule has 0 aliphatic rings. The highest BCUT2D eigenvalue weighted by atomic mass is 16.5. The van der Waals surface area contributed by atoms with Crippen LogP contribution in [0.1, 0.15) is 11.4 Å². The van der Waals surface area contributed by atoms with Gasteiger partial charge < -0.3 is 20.1 Å². The summed E-state index contributed by atoms with van der Waals surface area (Å²) in [6, 6.07) is 17.0. The molecule has 158 valence electrons. The molecule has 0 aliphatic heterocycles. The largest absolute Gasteiger partial charge is 0.497 e. The molecule has 0 bridgehead atoms. The Balaban J connectivity index is 1.69. The van der Waals surface area contributed by atoms with Gasteiger partial charge in [0.05, 0.1) is 19.9 Å². The zero-order valence-corrected chi connectivity index (χ0v) is 17.7. The van der Waals surface area contributed by atoms with Crippen molar-refractivity contribution in [2.75, 3.05) is 24.9 Å². The molecule has 0 amide bonds. The van der Waals surface area contributed by atoms with Gasteiger partial charge in [0, 0.05) is 17.1 Å². The van der Waals surface area contributed by atoms with Gasteiger partial charge in [-0.1, -0.05) is 0 Å². The second-order valence-corrected chi connectivity index (χ2v) is 6.83. The number of nitrogens with zero attached hydrogens (tertiary/aromatic N) is 5. The Kier molecular flexibility index (Phi) is 5.65. The number of benzene rings is 2. The van der Waals surface area contributed by atoms with E-state index >= 15 is 0 Å². The minimum absolute atomic E-state index is 0.388. The molecule has 9 nitrogen and oxygen atoms in total. The highest BCUT2D eigenvalue weighted by Gasteiger charge is 2.12. The van der Waals surface area contributed by atoms with Crippen molar-refractivity contribution in [3.63, 3.8) is 0 Å². The van der Waals surface area contributed by atoms with Crippen LogP contribution in [0.2, 0.25) is 0 Å². The second-order valence-electron chi connectivity index (χ2n) is 6.83. The molecule has 0 aliphatic carbocycles. The monoisotopic (exact) mass is 417 g/mol. The van der Waals surface area contributed by atoms with Gasteiger partial charge in [0.25, 0.3) is 5.95 Å². The number of nitrogens with one attached hydrogen (secondary N) is 2. The van der Waals surface area contributed by atoms with Crippen LogP contribution in [0.5, 0.6) is 11.5 Å². The van der Waals surface area contributed by atoms with Crippen LogP contribution in [-0.4, -0.2) is 39.0 Å². The van der Waals surface area contributed by atoms with E-state index < -0.39 is 0 Å². The molecule has 0 fully saturated rings. The molecule has 4 rings (SSSR count). The fourth-order valence-corrected chi connectivity index (χ4v) is 3.01. The van der Waals surface area contributed by atoms with E-state index in [9.17, 15) is 0 Å². The number of anilines is 4. The van der Waals surface area contributed by atoms with Crippen molar-refractivity contribution in [3.05, 3.63) is 66.0 Å². The quantitative estimate of drug-likeness (QED) is 0.462. The van der Waals surface area contributed by atoms with Gasteiger partial charge in [-0.05, 0) is 68.4 Å². The lowest BCUT2D eigenvalue weighted by molar-refractivity contribution is 0.415. The summed E-state index contributed by atoms with van der Waals surface area (Å²) in [5, 5.41) is 10.9. The van der Waals surface area contributed by atoms with Crippen LogP contribution >= 0.6 is 0 Å². The van der Waals surface area contributed by atoms with E-state index in [1.54, 1.807) is 18.9 Å². The summed E-state index contributed by atoms with van der Waals surface area (Å²) in [7, 11) is 3.26. The second kappa shape index (κ2) is 8.70. The molecule has 0 spiro atoms. The number of rotatable bonds is 7. The van der Waals surface area contributed by atoms with Gasteiger partial charge in [-0.15, -0.1) is 0 Å². The average Bonchev–Trinajstić information content (AvgIpc) is 3.12. The van der Waals surface area contributed by atoms with Crippen molar-refractivity contribution < 1.29 is 9.47 Å². The predicted octanol–water partition coefficient (Wildman–Crippen LogP) is 4.18. The third-order valence-corrected chi connectivity index (χ3v) is 4.51. The van der Waals surface area contributed by atoms with Crippen molar-refractivity contribution in [3.8, 4) is 17.4 Å². The first kappa shape index (κ1) is 20.1. The van der Waals surface area contributed by atoms with Crippen molar-refractivity contribution in [1.29, 1.82) is 0 Å². The molecule has 0 radical (unpaired) electrons. The zero-order chi connectivity index (χ0) is 21.8. The molecule has 2 aromatic carbocycles. The normalized spacial score (nSPS) is 10.6.